The molecular weight excluding hydrogens is 270 g/mol. The molecule has 96 valence electrons. The number of sulfone groups is 1. The molecule has 0 saturated carbocycles. The van der Waals surface area contributed by atoms with Crippen LogP contribution in [0.25, 0.3) is 10.9 Å². The molecule has 0 fully saturated rings. The second-order valence-electron chi connectivity index (χ2n) is 3.88. The molecule has 1 aromatic heterocycles. The average molecular weight is 283 g/mol. The summed E-state index contributed by atoms with van der Waals surface area (Å²) in [7, 11) is -2.95. The van der Waals surface area contributed by atoms with Crippen molar-refractivity contribution in [2.24, 2.45) is 0 Å². The van der Waals surface area contributed by atoms with Crippen molar-refractivity contribution < 1.29 is 8.42 Å². The Morgan fingerprint density at radius 1 is 1.28 bits per heavy atom. The van der Waals surface area contributed by atoms with E-state index in [4.69, 9.17) is 5.73 Å². The van der Waals surface area contributed by atoms with Crippen LogP contribution in [0.5, 0.6) is 0 Å². The number of thioether (sulfide) groups is 1. The number of anilines is 1. The quantitative estimate of drug-likeness (QED) is 0.673. The van der Waals surface area contributed by atoms with Crippen LogP contribution in [0.15, 0.2) is 29.3 Å². The summed E-state index contributed by atoms with van der Waals surface area (Å²) < 4.78 is 22.2. The van der Waals surface area contributed by atoms with E-state index in [1.165, 1.54) is 18.0 Å². The smallest absolute Gasteiger partial charge is 0.221 e. The first-order valence-electron chi connectivity index (χ1n) is 5.28. The number of nitrogen functional groups attached to an aromatic ring is 1. The average Bonchev–Trinajstić information content (AvgIpc) is 2.27. The van der Waals surface area contributed by atoms with Crippen molar-refractivity contribution in [2.75, 3.05) is 23.5 Å². The number of hydrogen-bond donors (Lipinski definition) is 1. The van der Waals surface area contributed by atoms with Gasteiger partial charge in [-0.05, 0) is 6.07 Å². The molecule has 7 heteroatoms. The van der Waals surface area contributed by atoms with Gasteiger partial charge in [0.25, 0.3) is 0 Å². The first-order chi connectivity index (χ1) is 8.46. The van der Waals surface area contributed by atoms with E-state index in [1.807, 2.05) is 24.3 Å². The van der Waals surface area contributed by atoms with Gasteiger partial charge in [-0.15, -0.1) is 11.8 Å². The van der Waals surface area contributed by atoms with E-state index in [9.17, 15) is 8.42 Å². The minimum Gasteiger partial charge on any atom is -0.368 e. The standard InChI is InChI=1S/C11H13N3O2S2/c1-18(15,16)7-6-17-10-8-4-2-3-5-9(8)13-11(12)14-10/h2-5H,6-7H2,1H3,(H2,12,13,14). The first-order valence-corrected chi connectivity index (χ1v) is 8.33. The summed E-state index contributed by atoms with van der Waals surface area (Å²) in [4.78, 5) is 8.28. The van der Waals surface area contributed by atoms with E-state index in [-0.39, 0.29) is 11.7 Å². The fourth-order valence-electron chi connectivity index (χ4n) is 1.46. The minimum absolute atomic E-state index is 0.121. The van der Waals surface area contributed by atoms with Gasteiger partial charge in [0, 0.05) is 17.4 Å². The Labute approximate surface area is 110 Å². The molecule has 0 aliphatic heterocycles. The van der Waals surface area contributed by atoms with Crippen LogP contribution in [0, 0.1) is 0 Å². The highest BCUT2D eigenvalue weighted by molar-refractivity contribution is 8.00. The summed E-state index contributed by atoms with van der Waals surface area (Å²) in [5, 5.41) is 1.62. The second-order valence-corrected chi connectivity index (χ2v) is 7.23. The molecule has 0 bridgehead atoms. The molecule has 0 aliphatic carbocycles. The number of para-hydroxylation sites is 1. The molecular formula is C11H13N3O2S2. The van der Waals surface area contributed by atoms with E-state index < -0.39 is 9.84 Å². The number of fused-ring (bicyclic) bond motifs is 1. The lowest BCUT2D eigenvalue weighted by Crippen LogP contribution is -2.05. The van der Waals surface area contributed by atoms with Crippen molar-refractivity contribution in [3.05, 3.63) is 24.3 Å². The Bertz CT molecular complexity index is 671. The number of benzene rings is 1. The van der Waals surface area contributed by atoms with Crippen molar-refractivity contribution in [2.45, 2.75) is 5.03 Å². The fourth-order valence-corrected chi connectivity index (χ4v) is 3.69. The molecule has 0 aliphatic rings. The molecule has 2 N–H and O–H groups in total. The number of hydrogen-bond acceptors (Lipinski definition) is 6. The summed E-state index contributed by atoms with van der Waals surface area (Å²) in [6.07, 6.45) is 1.22. The van der Waals surface area contributed by atoms with E-state index in [0.29, 0.717) is 5.75 Å². The zero-order valence-electron chi connectivity index (χ0n) is 9.83. The van der Waals surface area contributed by atoms with Crippen molar-refractivity contribution in [1.29, 1.82) is 0 Å². The number of aromatic nitrogens is 2. The summed E-state index contributed by atoms with van der Waals surface area (Å²) in [6.45, 7) is 0. The predicted molar refractivity (Wildman–Crippen MR) is 74.4 cm³/mol. The van der Waals surface area contributed by atoms with Crippen LogP contribution < -0.4 is 5.73 Å². The third kappa shape index (κ3) is 3.33. The Morgan fingerprint density at radius 3 is 2.72 bits per heavy atom. The van der Waals surface area contributed by atoms with Crippen LogP contribution in [-0.2, 0) is 9.84 Å². The largest absolute Gasteiger partial charge is 0.368 e. The van der Waals surface area contributed by atoms with Crippen molar-refractivity contribution in [1.82, 2.24) is 9.97 Å². The predicted octanol–water partition coefficient (Wildman–Crippen LogP) is 1.35. The molecule has 0 saturated heterocycles. The molecule has 2 aromatic rings. The van der Waals surface area contributed by atoms with Crippen LogP contribution in [0.3, 0.4) is 0 Å². The molecule has 2 rings (SSSR count). The monoisotopic (exact) mass is 283 g/mol. The van der Waals surface area contributed by atoms with Gasteiger partial charge in [-0.3, -0.25) is 0 Å². The maximum atomic E-state index is 11.1. The molecule has 0 unspecified atom stereocenters. The van der Waals surface area contributed by atoms with Gasteiger partial charge >= 0.3 is 0 Å². The van der Waals surface area contributed by atoms with E-state index in [2.05, 4.69) is 9.97 Å². The zero-order valence-corrected chi connectivity index (χ0v) is 11.5. The molecule has 0 radical (unpaired) electrons. The topological polar surface area (TPSA) is 85.9 Å². The molecule has 1 heterocycles. The van der Waals surface area contributed by atoms with Crippen LogP contribution in [0.1, 0.15) is 0 Å². The van der Waals surface area contributed by atoms with Gasteiger partial charge in [0.1, 0.15) is 14.9 Å². The van der Waals surface area contributed by atoms with Gasteiger partial charge in [0.2, 0.25) is 5.95 Å². The SMILES string of the molecule is CS(=O)(=O)CCSc1nc(N)nc2ccccc12. The van der Waals surface area contributed by atoms with Crippen LogP contribution >= 0.6 is 11.8 Å². The second kappa shape index (κ2) is 5.11. The number of rotatable bonds is 4. The Hall–Kier alpha value is -1.34. The van der Waals surface area contributed by atoms with E-state index in [0.717, 1.165) is 15.9 Å². The number of nitrogens with two attached hydrogens (primary N) is 1. The lowest BCUT2D eigenvalue weighted by molar-refractivity contribution is 0.603. The molecule has 18 heavy (non-hydrogen) atoms. The van der Waals surface area contributed by atoms with Gasteiger partial charge in [-0.25, -0.2) is 18.4 Å². The zero-order chi connectivity index (χ0) is 13.2. The Balaban J connectivity index is 2.27. The van der Waals surface area contributed by atoms with Crippen LogP contribution in [0.2, 0.25) is 0 Å². The summed E-state index contributed by atoms with van der Waals surface area (Å²) >= 11 is 1.38. The van der Waals surface area contributed by atoms with Gasteiger partial charge in [-0.1, -0.05) is 18.2 Å². The van der Waals surface area contributed by atoms with Gasteiger partial charge in [0.15, 0.2) is 0 Å². The number of nitrogens with zero attached hydrogens (tertiary/aromatic N) is 2. The highest BCUT2D eigenvalue weighted by Crippen LogP contribution is 2.25. The van der Waals surface area contributed by atoms with Crippen LogP contribution in [-0.4, -0.2) is 36.1 Å². The first kappa shape index (κ1) is 13.1. The summed E-state index contributed by atoms with van der Waals surface area (Å²) in [5.41, 5.74) is 6.40. The van der Waals surface area contributed by atoms with Gasteiger partial charge in [-0.2, -0.15) is 0 Å². The minimum atomic E-state index is -2.95. The third-order valence-corrected chi connectivity index (χ3v) is 4.48. The Morgan fingerprint density at radius 2 is 2.00 bits per heavy atom. The van der Waals surface area contributed by atoms with Crippen molar-refractivity contribution >= 4 is 38.5 Å². The lowest BCUT2D eigenvalue weighted by Gasteiger charge is -2.05. The molecule has 0 atom stereocenters. The molecule has 1 aromatic carbocycles. The fraction of sp³-hybridized carbons (Fsp3) is 0.273. The highest BCUT2D eigenvalue weighted by atomic mass is 32.2. The summed E-state index contributed by atoms with van der Waals surface area (Å²) in [5.74, 6) is 0.783. The van der Waals surface area contributed by atoms with E-state index in [1.54, 1.807) is 0 Å². The Kier molecular flexibility index (Phi) is 3.72. The molecule has 5 nitrogen and oxygen atoms in total. The van der Waals surface area contributed by atoms with Gasteiger partial charge in [0.05, 0.1) is 11.3 Å². The van der Waals surface area contributed by atoms with E-state index >= 15 is 0 Å². The molecule has 0 amide bonds. The summed E-state index contributed by atoms with van der Waals surface area (Å²) in [6, 6.07) is 7.52. The van der Waals surface area contributed by atoms with Crippen molar-refractivity contribution in [3.63, 3.8) is 0 Å². The molecule has 0 spiro atoms. The lowest BCUT2D eigenvalue weighted by atomic mass is 10.2. The van der Waals surface area contributed by atoms with Crippen molar-refractivity contribution in [3.8, 4) is 0 Å². The highest BCUT2D eigenvalue weighted by Gasteiger charge is 2.08. The van der Waals surface area contributed by atoms with Gasteiger partial charge < -0.3 is 5.73 Å². The maximum Gasteiger partial charge on any atom is 0.221 e. The normalized spacial score (nSPS) is 11.8. The van der Waals surface area contributed by atoms with Crippen LogP contribution in [0.4, 0.5) is 5.95 Å². The third-order valence-electron chi connectivity index (χ3n) is 2.28. The maximum absolute atomic E-state index is 11.1.